The molecule has 1 aromatic rings. The van der Waals surface area contributed by atoms with Gasteiger partial charge in [0.25, 0.3) is 0 Å². The maximum Gasteiger partial charge on any atom is 0.166 e. The van der Waals surface area contributed by atoms with Gasteiger partial charge < -0.3 is 19.3 Å². The Bertz CT molecular complexity index is 375. The average molecular weight is 210 g/mol. The van der Waals surface area contributed by atoms with Crippen LogP contribution in [0.25, 0.3) is 0 Å². The number of rotatable bonds is 3. The Morgan fingerprint density at radius 1 is 1.13 bits per heavy atom. The molecule has 0 saturated carbocycles. The summed E-state index contributed by atoms with van der Waals surface area (Å²) in [6, 6.07) is 3.70. The molecule has 4 nitrogen and oxygen atoms in total. The molecule has 1 aromatic carbocycles. The third kappa shape index (κ3) is 1.29. The molecule has 0 bridgehead atoms. The van der Waals surface area contributed by atoms with Crippen molar-refractivity contribution < 1.29 is 19.3 Å². The van der Waals surface area contributed by atoms with Crippen molar-refractivity contribution in [3.05, 3.63) is 23.3 Å². The highest BCUT2D eigenvalue weighted by atomic mass is 16.5. The number of hydrogen-bond acceptors (Lipinski definition) is 4. The largest absolute Gasteiger partial charge is 0.493 e. The summed E-state index contributed by atoms with van der Waals surface area (Å²) in [5.41, 5.74) is 1.73. The van der Waals surface area contributed by atoms with E-state index in [1.54, 1.807) is 21.3 Å². The van der Waals surface area contributed by atoms with Crippen molar-refractivity contribution in [1.82, 2.24) is 0 Å². The van der Waals surface area contributed by atoms with Crippen molar-refractivity contribution in [2.45, 2.75) is 12.2 Å². The summed E-state index contributed by atoms with van der Waals surface area (Å²) >= 11 is 0. The van der Waals surface area contributed by atoms with E-state index < -0.39 is 6.10 Å². The number of ether oxygens (including phenoxy) is 3. The lowest BCUT2D eigenvalue weighted by Crippen LogP contribution is -2.26. The lowest BCUT2D eigenvalue weighted by Gasteiger charge is -2.36. The molecule has 4 heteroatoms. The zero-order valence-corrected chi connectivity index (χ0v) is 8.98. The quantitative estimate of drug-likeness (QED) is 0.820. The van der Waals surface area contributed by atoms with E-state index in [4.69, 9.17) is 14.2 Å². The molecule has 0 unspecified atom stereocenters. The van der Waals surface area contributed by atoms with E-state index in [1.165, 1.54) is 0 Å². The predicted molar refractivity (Wildman–Crippen MR) is 54.3 cm³/mol. The van der Waals surface area contributed by atoms with Gasteiger partial charge in [0, 0.05) is 12.7 Å². The van der Waals surface area contributed by atoms with E-state index in [0.717, 1.165) is 11.1 Å². The van der Waals surface area contributed by atoms with Gasteiger partial charge in [-0.2, -0.15) is 0 Å². The molecule has 0 aliphatic heterocycles. The molecule has 1 aliphatic rings. The van der Waals surface area contributed by atoms with Gasteiger partial charge >= 0.3 is 0 Å². The summed E-state index contributed by atoms with van der Waals surface area (Å²) in [6.07, 6.45) is -0.880. The van der Waals surface area contributed by atoms with Crippen molar-refractivity contribution >= 4 is 0 Å². The molecular formula is C11H14O4. The summed E-state index contributed by atoms with van der Waals surface area (Å²) in [7, 11) is 4.71. The van der Waals surface area contributed by atoms with Crippen LogP contribution in [0.15, 0.2) is 12.1 Å². The number of benzene rings is 1. The van der Waals surface area contributed by atoms with Gasteiger partial charge in [-0.25, -0.2) is 0 Å². The Morgan fingerprint density at radius 2 is 1.87 bits per heavy atom. The molecular weight excluding hydrogens is 196 g/mol. The monoisotopic (exact) mass is 210 g/mol. The van der Waals surface area contributed by atoms with Crippen molar-refractivity contribution in [1.29, 1.82) is 0 Å². The smallest absolute Gasteiger partial charge is 0.166 e. The van der Waals surface area contributed by atoms with Crippen molar-refractivity contribution in [2.24, 2.45) is 0 Å². The second kappa shape index (κ2) is 3.72. The molecule has 0 spiro atoms. The molecule has 2 rings (SSSR count). The Morgan fingerprint density at radius 3 is 2.40 bits per heavy atom. The standard InChI is InChI=1S/C11H14O4/c1-13-7-5-4-6-8(11(7)15-3)9(12)10(6)14-2/h4-5,9-10,12H,1-3H3/t9-,10-/m0/s1. The highest BCUT2D eigenvalue weighted by molar-refractivity contribution is 5.57. The molecule has 1 N–H and O–H groups in total. The van der Waals surface area contributed by atoms with E-state index in [0.29, 0.717) is 11.5 Å². The van der Waals surface area contributed by atoms with Crippen molar-refractivity contribution in [3.8, 4) is 11.5 Å². The summed E-state index contributed by atoms with van der Waals surface area (Å²) in [4.78, 5) is 0. The van der Waals surface area contributed by atoms with Crippen LogP contribution in [0.2, 0.25) is 0 Å². The van der Waals surface area contributed by atoms with E-state index in [2.05, 4.69) is 0 Å². The van der Waals surface area contributed by atoms with E-state index >= 15 is 0 Å². The molecule has 0 fully saturated rings. The second-order valence-corrected chi connectivity index (χ2v) is 3.41. The van der Waals surface area contributed by atoms with Gasteiger partial charge in [0.15, 0.2) is 11.5 Å². The summed E-state index contributed by atoms with van der Waals surface area (Å²) in [5.74, 6) is 1.22. The Balaban J connectivity index is 2.49. The van der Waals surface area contributed by atoms with E-state index in [-0.39, 0.29) is 6.10 Å². The number of hydrogen-bond donors (Lipinski definition) is 1. The van der Waals surface area contributed by atoms with Crippen molar-refractivity contribution in [3.63, 3.8) is 0 Å². The first-order chi connectivity index (χ1) is 7.24. The van der Waals surface area contributed by atoms with Crippen LogP contribution in [0.4, 0.5) is 0 Å². The average Bonchev–Trinajstić information content (AvgIpc) is 2.27. The number of fused-ring (bicyclic) bond motifs is 1. The normalized spacial score (nSPS) is 22.9. The van der Waals surface area contributed by atoms with Crippen LogP contribution in [0.3, 0.4) is 0 Å². The minimum Gasteiger partial charge on any atom is -0.493 e. The number of methoxy groups -OCH3 is 3. The summed E-state index contributed by atoms with van der Waals surface area (Å²) in [5, 5.41) is 9.83. The first kappa shape index (κ1) is 10.3. The summed E-state index contributed by atoms with van der Waals surface area (Å²) in [6.45, 7) is 0. The van der Waals surface area contributed by atoms with E-state index in [1.807, 2.05) is 12.1 Å². The van der Waals surface area contributed by atoms with Gasteiger partial charge in [-0.1, -0.05) is 6.07 Å². The van der Waals surface area contributed by atoms with Crippen LogP contribution in [-0.2, 0) is 4.74 Å². The lowest BCUT2D eigenvalue weighted by molar-refractivity contribution is -0.0438. The van der Waals surface area contributed by atoms with Crippen LogP contribution in [0.5, 0.6) is 11.5 Å². The minimum atomic E-state index is -0.630. The fraction of sp³-hybridized carbons (Fsp3) is 0.455. The molecule has 2 atom stereocenters. The van der Waals surface area contributed by atoms with Gasteiger partial charge in [0.2, 0.25) is 0 Å². The SMILES string of the molecule is COc1ccc2c(c1OC)[C@H](O)[C@H]2OC. The van der Waals surface area contributed by atoms with Crippen LogP contribution < -0.4 is 9.47 Å². The third-order valence-electron chi connectivity index (χ3n) is 2.76. The third-order valence-corrected chi connectivity index (χ3v) is 2.76. The van der Waals surface area contributed by atoms with Gasteiger partial charge in [0.1, 0.15) is 12.2 Å². The number of aliphatic hydroxyl groups excluding tert-OH is 1. The molecule has 1 aliphatic carbocycles. The Labute approximate surface area is 88.4 Å². The maximum absolute atomic E-state index is 9.83. The van der Waals surface area contributed by atoms with Crippen LogP contribution in [0.1, 0.15) is 23.3 Å². The zero-order chi connectivity index (χ0) is 11.0. The van der Waals surface area contributed by atoms with Gasteiger partial charge in [0.05, 0.1) is 14.2 Å². The molecule has 0 saturated heterocycles. The molecule has 0 radical (unpaired) electrons. The number of aliphatic hydroxyl groups is 1. The highest BCUT2D eigenvalue weighted by Gasteiger charge is 2.40. The molecule has 0 amide bonds. The first-order valence-electron chi connectivity index (χ1n) is 4.70. The molecule has 0 heterocycles. The Hall–Kier alpha value is -1.26. The maximum atomic E-state index is 9.83. The van der Waals surface area contributed by atoms with Crippen LogP contribution >= 0.6 is 0 Å². The predicted octanol–water partition coefficient (Wildman–Crippen LogP) is 1.44. The molecule has 0 aromatic heterocycles. The lowest BCUT2D eigenvalue weighted by atomic mass is 9.81. The highest BCUT2D eigenvalue weighted by Crippen LogP contribution is 2.52. The topological polar surface area (TPSA) is 47.9 Å². The van der Waals surface area contributed by atoms with Gasteiger partial charge in [-0.3, -0.25) is 0 Å². The van der Waals surface area contributed by atoms with Gasteiger partial charge in [-0.05, 0) is 11.6 Å². The van der Waals surface area contributed by atoms with E-state index in [9.17, 15) is 5.11 Å². The summed E-state index contributed by atoms with van der Waals surface area (Å²) < 4.78 is 15.5. The molecule has 15 heavy (non-hydrogen) atoms. The fourth-order valence-corrected chi connectivity index (χ4v) is 2.00. The minimum absolute atomic E-state index is 0.250. The molecule has 82 valence electrons. The van der Waals surface area contributed by atoms with Crippen LogP contribution in [0, 0.1) is 0 Å². The van der Waals surface area contributed by atoms with Crippen molar-refractivity contribution in [2.75, 3.05) is 21.3 Å². The zero-order valence-electron chi connectivity index (χ0n) is 8.98. The first-order valence-corrected chi connectivity index (χ1v) is 4.70. The fourth-order valence-electron chi connectivity index (χ4n) is 2.00. The Kier molecular flexibility index (Phi) is 2.54. The van der Waals surface area contributed by atoms with Crippen LogP contribution in [-0.4, -0.2) is 26.4 Å². The second-order valence-electron chi connectivity index (χ2n) is 3.41. The van der Waals surface area contributed by atoms with Gasteiger partial charge in [-0.15, -0.1) is 0 Å².